The van der Waals surface area contributed by atoms with Crippen LogP contribution in [-0.2, 0) is 17.8 Å². The first-order valence-electron chi connectivity index (χ1n) is 7.73. The maximum absolute atomic E-state index is 12.4. The highest BCUT2D eigenvalue weighted by atomic mass is 16.2. The summed E-state index contributed by atoms with van der Waals surface area (Å²) in [6.07, 6.45) is 0.863. The topological polar surface area (TPSA) is 94.2 Å². The Kier molecular flexibility index (Phi) is 5.18. The van der Waals surface area contributed by atoms with Crippen molar-refractivity contribution in [3.8, 4) is 0 Å². The van der Waals surface area contributed by atoms with Crippen molar-refractivity contribution in [2.45, 2.75) is 33.7 Å². The van der Waals surface area contributed by atoms with Crippen molar-refractivity contribution < 1.29 is 9.59 Å². The first-order valence-corrected chi connectivity index (χ1v) is 7.73. The zero-order valence-corrected chi connectivity index (χ0v) is 14.1. The van der Waals surface area contributed by atoms with E-state index in [0.29, 0.717) is 16.9 Å². The molecule has 24 heavy (non-hydrogen) atoms. The summed E-state index contributed by atoms with van der Waals surface area (Å²) in [4.78, 5) is 36.1. The molecule has 6 heteroatoms. The van der Waals surface area contributed by atoms with Gasteiger partial charge in [-0.2, -0.15) is 0 Å². The van der Waals surface area contributed by atoms with Gasteiger partial charge in [-0.3, -0.25) is 14.4 Å². The van der Waals surface area contributed by atoms with Gasteiger partial charge in [0.25, 0.3) is 11.5 Å². The normalized spacial score (nSPS) is 10.5. The molecule has 0 spiro atoms. The first-order chi connectivity index (χ1) is 11.3. The van der Waals surface area contributed by atoms with Crippen molar-refractivity contribution in [3.63, 3.8) is 0 Å². The van der Waals surface area contributed by atoms with Crippen LogP contribution in [0.3, 0.4) is 0 Å². The molecule has 0 unspecified atom stereocenters. The molecule has 0 aliphatic rings. The van der Waals surface area contributed by atoms with E-state index in [9.17, 15) is 14.4 Å². The van der Waals surface area contributed by atoms with Crippen LogP contribution in [0, 0.1) is 13.8 Å². The van der Waals surface area contributed by atoms with Crippen molar-refractivity contribution in [1.82, 2.24) is 4.57 Å². The van der Waals surface area contributed by atoms with E-state index in [1.54, 1.807) is 26.0 Å². The number of aromatic nitrogens is 1. The van der Waals surface area contributed by atoms with Gasteiger partial charge >= 0.3 is 0 Å². The Morgan fingerprint density at radius 2 is 1.92 bits per heavy atom. The van der Waals surface area contributed by atoms with Crippen molar-refractivity contribution >= 4 is 17.5 Å². The summed E-state index contributed by atoms with van der Waals surface area (Å²) in [5.74, 6) is -1.13. The lowest BCUT2D eigenvalue weighted by Crippen LogP contribution is -2.35. The van der Waals surface area contributed by atoms with E-state index >= 15 is 0 Å². The predicted octanol–water partition coefficient (Wildman–Crippen LogP) is 1.77. The molecule has 1 aromatic carbocycles. The molecule has 2 amide bonds. The number of rotatable bonds is 5. The molecule has 126 valence electrons. The van der Waals surface area contributed by atoms with Crippen LogP contribution in [0.2, 0.25) is 0 Å². The molecule has 6 nitrogen and oxygen atoms in total. The molecule has 0 bridgehead atoms. The fourth-order valence-electron chi connectivity index (χ4n) is 2.64. The predicted molar refractivity (Wildman–Crippen MR) is 93.1 cm³/mol. The smallest absolute Gasteiger partial charge is 0.264 e. The number of benzene rings is 1. The number of pyridine rings is 1. The lowest BCUT2D eigenvalue weighted by atomic mass is 10.1. The van der Waals surface area contributed by atoms with Gasteiger partial charge < -0.3 is 15.6 Å². The number of nitrogens with two attached hydrogens (primary N) is 1. The van der Waals surface area contributed by atoms with E-state index in [4.69, 9.17) is 5.73 Å². The molecular weight excluding hydrogens is 306 g/mol. The second kappa shape index (κ2) is 7.12. The minimum absolute atomic E-state index is 0.0821. The number of hydrogen-bond acceptors (Lipinski definition) is 3. The van der Waals surface area contributed by atoms with E-state index in [1.807, 2.05) is 25.1 Å². The fraction of sp³-hybridized carbons (Fsp3) is 0.278. The highest BCUT2D eigenvalue weighted by Crippen LogP contribution is 2.11. The molecule has 2 aromatic rings. The van der Waals surface area contributed by atoms with Gasteiger partial charge in [-0.05, 0) is 49.6 Å². The van der Waals surface area contributed by atoms with Crippen LogP contribution in [0.4, 0.5) is 5.69 Å². The van der Waals surface area contributed by atoms with Crippen LogP contribution in [-0.4, -0.2) is 16.4 Å². The molecular formula is C18H21N3O3. The summed E-state index contributed by atoms with van der Waals surface area (Å²) in [6.45, 7) is 5.21. The van der Waals surface area contributed by atoms with Gasteiger partial charge in [-0.25, -0.2) is 0 Å². The van der Waals surface area contributed by atoms with Crippen LogP contribution >= 0.6 is 0 Å². The zero-order valence-electron chi connectivity index (χ0n) is 14.1. The third kappa shape index (κ3) is 3.71. The van der Waals surface area contributed by atoms with Gasteiger partial charge in [0.2, 0.25) is 5.91 Å². The monoisotopic (exact) mass is 327 g/mol. The number of amides is 2. The largest absolute Gasteiger partial charge is 0.365 e. The van der Waals surface area contributed by atoms with Crippen LogP contribution in [0.1, 0.15) is 34.1 Å². The fourth-order valence-corrected chi connectivity index (χ4v) is 2.64. The summed E-state index contributed by atoms with van der Waals surface area (Å²) in [7, 11) is 0. The second-order valence-electron chi connectivity index (χ2n) is 5.70. The summed E-state index contributed by atoms with van der Waals surface area (Å²) in [5, 5.41) is 2.77. The Hall–Kier alpha value is -2.89. The first kappa shape index (κ1) is 17.5. The molecule has 0 fully saturated rings. The second-order valence-corrected chi connectivity index (χ2v) is 5.70. The van der Waals surface area contributed by atoms with E-state index in [-0.39, 0.29) is 18.0 Å². The summed E-state index contributed by atoms with van der Waals surface area (Å²) in [5.41, 5.74) is 7.53. The number of carbonyl (C=O) groups is 2. The molecule has 0 aliphatic carbocycles. The maximum atomic E-state index is 12.4. The van der Waals surface area contributed by atoms with Crippen LogP contribution in [0.15, 0.2) is 35.1 Å². The van der Waals surface area contributed by atoms with E-state index < -0.39 is 11.5 Å². The molecule has 1 heterocycles. The number of hydrogen-bond donors (Lipinski definition) is 2. The van der Waals surface area contributed by atoms with E-state index in [1.165, 1.54) is 4.57 Å². The molecule has 0 aliphatic heterocycles. The Balaban J connectivity index is 2.27. The van der Waals surface area contributed by atoms with Crippen LogP contribution in [0.25, 0.3) is 0 Å². The van der Waals surface area contributed by atoms with Crippen LogP contribution < -0.4 is 16.6 Å². The van der Waals surface area contributed by atoms with Gasteiger partial charge in [0.05, 0.1) is 0 Å². The Bertz CT molecular complexity index is 853. The minimum atomic E-state index is -0.790. The lowest BCUT2D eigenvalue weighted by Gasteiger charge is -2.13. The van der Waals surface area contributed by atoms with Gasteiger partial charge in [0, 0.05) is 11.4 Å². The standard InChI is InChI=1S/C18H21N3O3/c1-4-13-6-5-7-14(9-13)20-15(22)10-21-12(3)8-11(2)16(17(19)23)18(21)24/h5-9H,4,10H2,1-3H3,(H2,19,23)(H,20,22). The summed E-state index contributed by atoms with van der Waals surface area (Å²) < 4.78 is 1.26. The van der Waals surface area contributed by atoms with Crippen molar-refractivity contribution in [2.24, 2.45) is 5.73 Å². The van der Waals surface area contributed by atoms with Gasteiger partial charge in [-0.15, -0.1) is 0 Å². The third-order valence-electron chi connectivity index (χ3n) is 3.87. The number of anilines is 1. The molecule has 0 saturated heterocycles. The average Bonchev–Trinajstić information content (AvgIpc) is 2.51. The molecule has 2 rings (SSSR count). The lowest BCUT2D eigenvalue weighted by molar-refractivity contribution is -0.116. The van der Waals surface area contributed by atoms with Gasteiger partial charge in [0.1, 0.15) is 12.1 Å². The highest BCUT2D eigenvalue weighted by molar-refractivity contribution is 5.94. The molecule has 0 saturated carbocycles. The number of aryl methyl sites for hydroxylation is 3. The number of carbonyl (C=O) groups excluding carboxylic acids is 2. The molecule has 0 radical (unpaired) electrons. The number of nitrogens with one attached hydrogen (secondary N) is 1. The Labute approximate surface area is 140 Å². The maximum Gasteiger partial charge on any atom is 0.264 e. The minimum Gasteiger partial charge on any atom is -0.365 e. The highest BCUT2D eigenvalue weighted by Gasteiger charge is 2.16. The van der Waals surface area contributed by atoms with Crippen molar-refractivity contribution in [1.29, 1.82) is 0 Å². The number of nitrogens with zero attached hydrogens (tertiary/aromatic N) is 1. The summed E-state index contributed by atoms with van der Waals surface area (Å²) in [6, 6.07) is 9.19. The molecule has 3 N–H and O–H groups in total. The quantitative estimate of drug-likeness (QED) is 0.876. The summed E-state index contributed by atoms with van der Waals surface area (Å²) >= 11 is 0. The third-order valence-corrected chi connectivity index (χ3v) is 3.87. The van der Waals surface area contributed by atoms with E-state index in [2.05, 4.69) is 5.32 Å². The number of primary amides is 1. The molecule has 0 atom stereocenters. The SMILES string of the molecule is CCc1cccc(NC(=O)Cn2c(C)cc(C)c(C(N)=O)c2=O)c1. The van der Waals surface area contributed by atoms with E-state index in [0.717, 1.165) is 12.0 Å². The Morgan fingerprint density at radius 3 is 2.54 bits per heavy atom. The van der Waals surface area contributed by atoms with Crippen molar-refractivity contribution in [2.75, 3.05) is 5.32 Å². The van der Waals surface area contributed by atoms with Crippen molar-refractivity contribution in [3.05, 3.63) is 63.1 Å². The average molecular weight is 327 g/mol. The van der Waals surface area contributed by atoms with Gasteiger partial charge in [-0.1, -0.05) is 19.1 Å². The molecule has 1 aromatic heterocycles. The van der Waals surface area contributed by atoms with Crippen LogP contribution in [0.5, 0.6) is 0 Å². The zero-order chi connectivity index (χ0) is 17.9. The van der Waals surface area contributed by atoms with Gasteiger partial charge in [0.15, 0.2) is 0 Å². The Morgan fingerprint density at radius 1 is 1.21 bits per heavy atom.